The van der Waals surface area contributed by atoms with Crippen molar-refractivity contribution in [3.05, 3.63) is 39.2 Å². The van der Waals surface area contributed by atoms with Crippen LogP contribution >= 0.6 is 11.6 Å². The number of halogens is 2. The van der Waals surface area contributed by atoms with Gasteiger partial charge in [0.15, 0.2) is 0 Å². The molecule has 1 heterocycles. The largest absolute Gasteiger partial charge is 0.227 e. The van der Waals surface area contributed by atoms with Crippen LogP contribution in [0.15, 0.2) is 17.4 Å². The monoisotopic (exact) mass is 186 g/mol. The van der Waals surface area contributed by atoms with Gasteiger partial charge in [-0.2, -0.15) is 4.39 Å². The van der Waals surface area contributed by atoms with Crippen LogP contribution in [-0.4, -0.2) is 4.98 Å². The quantitative estimate of drug-likeness (QED) is 0.303. The first-order valence-corrected chi connectivity index (χ1v) is 3.42. The molecule has 0 aliphatic carbocycles. The highest BCUT2D eigenvalue weighted by Gasteiger charge is 2.01. The third kappa shape index (κ3) is 2.08. The molecule has 0 N–H and O–H groups in total. The minimum Gasteiger partial charge on any atom is -0.227 e. The zero-order valence-electron chi connectivity index (χ0n) is 5.91. The molecule has 0 saturated heterocycles. The summed E-state index contributed by atoms with van der Waals surface area (Å²) in [6, 6.07) is 1.37. The topological polar surface area (TPSA) is 61.7 Å². The molecule has 1 aromatic heterocycles. The molecule has 12 heavy (non-hydrogen) atoms. The summed E-state index contributed by atoms with van der Waals surface area (Å²) in [5, 5.41) is 3.50. The molecule has 62 valence electrons. The minimum atomic E-state index is -0.660. The highest BCUT2D eigenvalue weighted by Crippen LogP contribution is 2.12. The molecule has 0 radical (unpaired) electrons. The Labute approximate surface area is 72.6 Å². The molecule has 0 spiro atoms. The lowest BCUT2D eigenvalue weighted by atomic mass is 10.3. The number of aromatic nitrogens is 1. The van der Waals surface area contributed by atoms with E-state index in [1.54, 1.807) is 0 Å². The van der Waals surface area contributed by atoms with Gasteiger partial charge >= 0.3 is 0 Å². The maximum Gasteiger partial charge on any atom is 0.216 e. The van der Waals surface area contributed by atoms with E-state index in [4.69, 9.17) is 17.1 Å². The Hall–Kier alpha value is -1.32. The molecule has 0 unspecified atom stereocenters. The van der Waals surface area contributed by atoms with Crippen molar-refractivity contribution < 1.29 is 4.39 Å². The van der Waals surface area contributed by atoms with Gasteiger partial charge in [0.2, 0.25) is 5.95 Å². The van der Waals surface area contributed by atoms with Gasteiger partial charge in [-0.25, -0.2) is 4.98 Å². The molecule has 0 amide bonds. The number of nitrogens with zero attached hydrogens (tertiary/aromatic N) is 4. The molecule has 0 aliphatic rings. The summed E-state index contributed by atoms with van der Waals surface area (Å²) >= 11 is 5.53. The van der Waals surface area contributed by atoms with Crippen molar-refractivity contribution in [1.82, 2.24) is 4.98 Å². The number of azide groups is 1. The first-order chi connectivity index (χ1) is 5.74. The number of hydrogen-bond acceptors (Lipinski definition) is 2. The van der Waals surface area contributed by atoms with E-state index in [2.05, 4.69) is 15.0 Å². The number of hydrogen-bond donors (Lipinski definition) is 0. The summed E-state index contributed by atoms with van der Waals surface area (Å²) in [5.74, 6) is -0.660. The average molecular weight is 187 g/mol. The normalized spacial score (nSPS) is 9.17. The summed E-state index contributed by atoms with van der Waals surface area (Å²) in [6.07, 6.45) is 1.19. The fourth-order valence-electron chi connectivity index (χ4n) is 0.683. The molecule has 6 heteroatoms. The van der Waals surface area contributed by atoms with Gasteiger partial charge < -0.3 is 0 Å². The minimum absolute atomic E-state index is 0.0735. The van der Waals surface area contributed by atoms with Gasteiger partial charge in [-0.15, -0.1) is 0 Å². The van der Waals surface area contributed by atoms with E-state index in [1.807, 2.05) is 0 Å². The number of pyridine rings is 1. The lowest BCUT2D eigenvalue weighted by Crippen LogP contribution is -1.91. The molecule has 1 rings (SSSR count). The van der Waals surface area contributed by atoms with Crippen LogP contribution in [0.1, 0.15) is 5.56 Å². The smallest absolute Gasteiger partial charge is 0.216 e. The fraction of sp³-hybridized carbons (Fsp3) is 0.167. The van der Waals surface area contributed by atoms with Crippen molar-refractivity contribution in [2.45, 2.75) is 6.54 Å². The maximum absolute atomic E-state index is 12.7. The maximum atomic E-state index is 12.7. The predicted octanol–water partition coefficient (Wildman–Crippen LogP) is 2.68. The zero-order valence-corrected chi connectivity index (χ0v) is 6.66. The van der Waals surface area contributed by atoms with Crippen LogP contribution in [0.2, 0.25) is 5.02 Å². The second-order valence-corrected chi connectivity index (χ2v) is 2.43. The van der Waals surface area contributed by atoms with Crippen LogP contribution in [-0.2, 0) is 6.54 Å². The molecule has 0 aliphatic heterocycles. The standard InChI is InChI=1S/C6H4ClFN4/c7-5-1-4(2-11-12-9)6(8)10-3-5/h1,3H,2H2. The van der Waals surface area contributed by atoms with Crippen LogP contribution < -0.4 is 0 Å². The first-order valence-electron chi connectivity index (χ1n) is 3.05. The predicted molar refractivity (Wildman–Crippen MR) is 42.1 cm³/mol. The molecular formula is C6H4ClFN4. The molecule has 0 fully saturated rings. The molecule has 0 aromatic carbocycles. The van der Waals surface area contributed by atoms with Crippen LogP contribution in [0.5, 0.6) is 0 Å². The van der Waals surface area contributed by atoms with E-state index in [0.717, 1.165) is 0 Å². The average Bonchev–Trinajstić information content (AvgIpc) is 2.07. The van der Waals surface area contributed by atoms with Crippen LogP contribution in [0, 0.1) is 5.95 Å². The Morgan fingerprint density at radius 3 is 3.17 bits per heavy atom. The Balaban J connectivity index is 2.96. The summed E-state index contributed by atoms with van der Waals surface area (Å²) in [6.45, 7) is -0.0735. The van der Waals surface area contributed by atoms with Crippen LogP contribution in [0.25, 0.3) is 10.4 Å². The summed E-state index contributed by atoms with van der Waals surface area (Å²) in [4.78, 5) is 5.84. The van der Waals surface area contributed by atoms with E-state index in [1.165, 1.54) is 12.3 Å². The Morgan fingerprint density at radius 2 is 2.50 bits per heavy atom. The Bertz CT molecular complexity index is 334. The SMILES string of the molecule is [N-]=[N+]=NCc1cc(Cl)cnc1F. The highest BCUT2D eigenvalue weighted by atomic mass is 35.5. The van der Waals surface area contributed by atoms with Gasteiger partial charge in [0.1, 0.15) is 0 Å². The van der Waals surface area contributed by atoms with Gasteiger partial charge in [-0.1, -0.05) is 16.7 Å². The summed E-state index contributed by atoms with van der Waals surface area (Å²) in [5.41, 5.74) is 8.16. The van der Waals surface area contributed by atoms with Gasteiger partial charge in [-0.3, -0.25) is 0 Å². The molecule has 0 bridgehead atoms. The second kappa shape index (κ2) is 3.90. The third-order valence-corrected chi connectivity index (χ3v) is 1.39. The van der Waals surface area contributed by atoms with Crippen molar-refractivity contribution in [2.75, 3.05) is 0 Å². The van der Waals surface area contributed by atoms with Crippen molar-refractivity contribution in [2.24, 2.45) is 5.11 Å². The third-order valence-electron chi connectivity index (χ3n) is 1.18. The zero-order chi connectivity index (χ0) is 8.97. The van der Waals surface area contributed by atoms with Crippen molar-refractivity contribution in [1.29, 1.82) is 0 Å². The van der Waals surface area contributed by atoms with Crippen LogP contribution in [0.3, 0.4) is 0 Å². The molecule has 1 aromatic rings. The summed E-state index contributed by atoms with van der Waals surface area (Å²) < 4.78 is 12.7. The first kappa shape index (κ1) is 8.77. The van der Waals surface area contributed by atoms with E-state index in [0.29, 0.717) is 5.02 Å². The Morgan fingerprint density at radius 1 is 1.75 bits per heavy atom. The molecule has 4 nitrogen and oxygen atoms in total. The van der Waals surface area contributed by atoms with Crippen molar-refractivity contribution in [3.8, 4) is 0 Å². The van der Waals surface area contributed by atoms with Crippen LogP contribution in [0.4, 0.5) is 4.39 Å². The van der Waals surface area contributed by atoms with Crippen molar-refractivity contribution in [3.63, 3.8) is 0 Å². The highest BCUT2D eigenvalue weighted by molar-refractivity contribution is 6.30. The van der Waals surface area contributed by atoms with Gasteiger partial charge in [0, 0.05) is 16.7 Å². The summed E-state index contributed by atoms with van der Waals surface area (Å²) in [7, 11) is 0. The lowest BCUT2D eigenvalue weighted by molar-refractivity contribution is 0.567. The number of rotatable bonds is 2. The molecular weight excluding hydrogens is 183 g/mol. The van der Waals surface area contributed by atoms with E-state index in [9.17, 15) is 4.39 Å². The fourth-order valence-corrected chi connectivity index (χ4v) is 0.864. The Kier molecular flexibility index (Phi) is 2.85. The van der Waals surface area contributed by atoms with Gasteiger partial charge in [-0.05, 0) is 11.6 Å². The van der Waals surface area contributed by atoms with E-state index < -0.39 is 5.95 Å². The molecule has 0 saturated carbocycles. The second-order valence-electron chi connectivity index (χ2n) is 1.99. The van der Waals surface area contributed by atoms with Gasteiger partial charge in [0.05, 0.1) is 11.6 Å². The molecule has 0 atom stereocenters. The van der Waals surface area contributed by atoms with Crippen molar-refractivity contribution >= 4 is 11.6 Å². The van der Waals surface area contributed by atoms with E-state index >= 15 is 0 Å². The van der Waals surface area contributed by atoms with Gasteiger partial charge in [0.25, 0.3) is 0 Å². The van der Waals surface area contributed by atoms with E-state index in [-0.39, 0.29) is 12.1 Å². The lowest BCUT2D eigenvalue weighted by Gasteiger charge is -1.96.